The highest BCUT2D eigenvalue weighted by Gasteiger charge is 2.18. The Kier molecular flexibility index (Phi) is 5.02. The Morgan fingerprint density at radius 3 is 2.61 bits per heavy atom. The van der Waals surface area contributed by atoms with Crippen molar-refractivity contribution in [2.75, 3.05) is 6.61 Å². The summed E-state index contributed by atoms with van der Waals surface area (Å²) in [7, 11) is 0. The fourth-order valence-corrected chi connectivity index (χ4v) is 1.93. The standard InChI is InChI=1S/C15H9ClFNO5/c16-13-5-4-11(18(21)22)7-12(13)15(20)23-8-14(19)9-2-1-3-10(17)6-9/h1-7H,8H2. The molecule has 23 heavy (non-hydrogen) atoms. The summed E-state index contributed by atoms with van der Waals surface area (Å²) in [6.07, 6.45) is 0. The van der Waals surface area contributed by atoms with Crippen LogP contribution in [0, 0.1) is 15.9 Å². The van der Waals surface area contributed by atoms with E-state index in [1.807, 2.05) is 0 Å². The number of ether oxygens (including phenoxy) is 1. The van der Waals surface area contributed by atoms with Gasteiger partial charge in [0.25, 0.3) is 5.69 Å². The van der Waals surface area contributed by atoms with Crippen LogP contribution in [0.25, 0.3) is 0 Å². The monoisotopic (exact) mass is 337 g/mol. The second-order valence-corrected chi connectivity index (χ2v) is 4.84. The predicted octanol–water partition coefficient (Wildman–Crippen LogP) is 3.43. The molecule has 0 aliphatic carbocycles. The lowest BCUT2D eigenvalue weighted by atomic mass is 10.1. The van der Waals surface area contributed by atoms with Gasteiger partial charge in [-0.1, -0.05) is 23.7 Å². The number of rotatable bonds is 5. The summed E-state index contributed by atoms with van der Waals surface area (Å²) in [6.45, 7) is -0.638. The highest BCUT2D eigenvalue weighted by Crippen LogP contribution is 2.22. The van der Waals surface area contributed by atoms with Crippen LogP contribution in [0.2, 0.25) is 5.02 Å². The van der Waals surface area contributed by atoms with Crippen molar-refractivity contribution in [3.05, 3.63) is 74.5 Å². The Morgan fingerprint density at radius 1 is 1.22 bits per heavy atom. The van der Waals surface area contributed by atoms with Gasteiger partial charge in [0, 0.05) is 17.7 Å². The molecule has 2 aromatic rings. The summed E-state index contributed by atoms with van der Waals surface area (Å²) < 4.78 is 17.8. The van der Waals surface area contributed by atoms with Crippen molar-refractivity contribution < 1.29 is 23.6 Å². The highest BCUT2D eigenvalue weighted by atomic mass is 35.5. The van der Waals surface area contributed by atoms with Gasteiger partial charge in [0.2, 0.25) is 0 Å². The number of halogens is 2. The number of ketones is 1. The molecule has 8 heteroatoms. The van der Waals surface area contributed by atoms with Crippen LogP contribution in [0.3, 0.4) is 0 Å². The molecule has 0 aliphatic rings. The van der Waals surface area contributed by atoms with Crippen LogP contribution in [0.4, 0.5) is 10.1 Å². The molecule has 118 valence electrons. The number of esters is 1. The van der Waals surface area contributed by atoms with Gasteiger partial charge in [0.15, 0.2) is 12.4 Å². The Balaban J connectivity index is 2.09. The van der Waals surface area contributed by atoms with Gasteiger partial charge in [0.1, 0.15) is 5.82 Å². The van der Waals surface area contributed by atoms with Crippen LogP contribution in [-0.2, 0) is 4.74 Å². The summed E-state index contributed by atoms with van der Waals surface area (Å²) in [6, 6.07) is 8.18. The second kappa shape index (κ2) is 6.97. The zero-order valence-electron chi connectivity index (χ0n) is 11.5. The molecule has 0 saturated carbocycles. The Morgan fingerprint density at radius 2 is 1.96 bits per heavy atom. The minimum Gasteiger partial charge on any atom is -0.454 e. The number of Topliss-reactive ketones (excluding diaryl/α,β-unsaturated/α-hetero) is 1. The second-order valence-electron chi connectivity index (χ2n) is 4.43. The van der Waals surface area contributed by atoms with Gasteiger partial charge >= 0.3 is 5.97 Å². The van der Waals surface area contributed by atoms with E-state index in [1.165, 1.54) is 24.3 Å². The lowest BCUT2D eigenvalue weighted by Crippen LogP contribution is -2.15. The van der Waals surface area contributed by atoms with Crippen LogP contribution in [0.1, 0.15) is 20.7 Å². The summed E-state index contributed by atoms with van der Waals surface area (Å²) in [4.78, 5) is 33.7. The van der Waals surface area contributed by atoms with Crippen molar-refractivity contribution in [2.24, 2.45) is 0 Å². The van der Waals surface area contributed by atoms with Crippen molar-refractivity contribution in [3.8, 4) is 0 Å². The maximum absolute atomic E-state index is 13.0. The number of benzene rings is 2. The van der Waals surface area contributed by atoms with Gasteiger partial charge in [-0.15, -0.1) is 0 Å². The van der Waals surface area contributed by atoms with Crippen LogP contribution >= 0.6 is 11.6 Å². The summed E-state index contributed by atoms with van der Waals surface area (Å²) in [5.74, 6) is -2.19. The minimum atomic E-state index is -0.983. The number of carbonyl (C=O) groups excluding carboxylic acids is 2. The molecule has 0 saturated heterocycles. The average molecular weight is 338 g/mol. The number of hydrogen-bond donors (Lipinski definition) is 0. The third-order valence-corrected chi connectivity index (χ3v) is 3.19. The highest BCUT2D eigenvalue weighted by molar-refractivity contribution is 6.33. The largest absolute Gasteiger partial charge is 0.454 e. The lowest BCUT2D eigenvalue weighted by Gasteiger charge is -2.06. The van der Waals surface area contributed by atoms with E-state index in [2.05, 4.69) is 0 Å². The third kappa shape index (κ3) is 4.10. The normalized spacial score (nSPS) is 10.2. The number of non-ortho nitro benzene ring substituents is 1. The number of nitro groups is 1. The molecule has 0 bridgehead atoms. The topological polar surface area (TPSA) is 86.5 Å². The van der Waals surface area contributed by atoms with Crippen molar-refractivity contribution >= 4 is 29.0 Å². The van der Waals surface area contributed by atoms with E-state index in [9.17, 15) is 24.1 Å². The first kappa shape index (κ1) is 16.6. The van der Waals surface area contributed by atoms with E-state index in [0.29, 0.717) is 0 Å². The minimum absolute atomic E-state index is 0.0428. The summed E-state index contributed by atoms with van der Waals surface area (Å²) >= 11 is 5.79. The molecule has 0 unspecified atom stereocenters. The molecule has 2 rings (SSSR count). The zero-order chi connectivity index (χ0) is 17.0. The van der Waals surface area contributed by atoms with Gasteiger partial charge in [-0.2, -0.15) is 0 Å². The molecule has 0 fully saturated rings. The van der Waals surface area contributed by atoms with Crippen LogP contribution in [0.15, 0.2) is 42.5 Å². The summed E-state index contributed by atoms with van der Waals surface area (Å²) in [5.41, 5.74) is -0.520. The predicted molar refractivity (Wildman–Crippen MR) is 79.1 cm³/mol. The van der Waals surface area contributed by atoms with E-state index in [-0.39, 0.29) is 21.8 Å². The molecular weight excluding hydrogens is 329 g/mol. The molecule has 6 nitrogen and oxygen atoms in total. The first-order valence-corrected chi connectivity index (χ1v) is 6.66. The fourth-order valence-electron chi connectivity index (χ4n) is 1.74. The maximum Gasteiger partial charge on any atom is 0.340 e. The quantitative estimate of drug-likeness (QED) is 0.361. The van der Waals surface area contributed by atoms with Crippen LogP contribution in [0.5, 0.6) is 0 Å². The smallest absolute Gasteiger partial charge is 0.340 e. The van der Waals surface area contributed by atoms with E-state index < -0.39 is 29.1 Å². The van der Waals surface area contributed by atoms with E-state index in [0.717, 1.165) is 18.2 Å². The molecule has 0 radical (unpaired) electrons. The van der Waals surface area contributed by atoms with Crippen molar-refractivity contribution in [1.29, 1.82) is 0 Å². The van der Waals surface area contributed by atoms with Gasteiger partial charge in [-0.05, 0) is 18.2 Å². The fraction of sp³-hybridized carbons (Fsp3) is 0.0667. The van der Waals surface area contributed by atoms with Gasteiger partial charge in [-0.3, -0.25) is 14.9 Å². The van der Waals surface area contributed by atoms with E-state index in [4.69, 9.17) is 16.3 Å². The van der Waals surface area contributed by atoms with Gasteiger partial charge < -0.3 is 4.74 Å². The number of hydrogen-bond acceptors (Lipinski definition) is 5. The molecule has 2 aromatic carbocycles. The zero-order valence-corrected chi connectivity index (χ0v) is 12.2. The molecule has 0 atom stereocenters. The number of nitro benzene ring substituents is 1. The number of nitrogens with zero attached hydrogens (tertiary/aromatic N) is 1. The average Bonchev–Trinajstić information content (AvgIpc) is 2.52. The Bertz CT molecular complexity index is 793. The molecule has 0 aliphatic heterocycles. The Hall–Kier alpha value is -2.80. The van der Waals surface area contributed by atoms with E-state index in [1.54, 1.807) is 0 Å². The summed E-state index contributed by atoms with van der Waals surface area (Å²) in [5, 5.41) is 10.6. The van der Waals surface area contributed by atoms with Crippen molar-refractivity contribution in [3.63, 3.8) is 0 Å². The molecule has 0 heterocycles. The lowest BCUT2D eigenvalue weighted by molar-refractivity contribution is -0.384. The first-order valence-electron chi connectivity index (χ1n) is 6.28. The SMILES string of the molecule is O=C(COC(=O)c1cc([N+](=O)[O-])ccc1Cl)c1cccc(F)c1. The molecule has 0 spiro atoms. The molecule has 0 amide bonds. The van der Waals surface area contributed by atoms with Crippen molar-refractivity contribution in [2.45, 2.75) is 0 Å². The third-order valence-electron chi connectivity index (χ3n) is 2.86. The van der Waals surface area contributed by atoms with Gasteiger partial charge in [-0.25, -0.2) is 9.18 Å². The maximum atomic E-state index is 13.0. The first-order chi connectivity index (χ1) is 10.9. The van der Waals surface area contributed by atoms with E-state index >= 15 is 0 Å². The van der Waals surface area contributed by atoms with Crippen molar-refractivity contribution in [1.82, 2.24) is 0 Å². The molecule has 0 N–H and O–H groups in total. The van der Waals surface area contributed by atoms with Gasteiger partial charge in [0.05, 0.1) is 15.5 Å². The molecule has 0 aromatic heterocycles. The van der Waals surface area contributed by atoms with Crippen LogP contribution < -0.4 is 0 Å². The molecular formula is C15H9ClFNO5. The number of carbonyl (C=O) groups is 2. The Labute approximate surface area is 134 Å². The van der Waals surface area contributed by atoms with Crippen LogP contribution in [-0.4, -0.2) is 23.3 Å².